The molecule has 120 valence electrons. The number of hydrogen-bond acceptors (Lipinski definition) is 2. The monoisotopic (exact) mass is 367 g/mol. The third-order valence-corrected chi connectivity index (χ3v) is 6.36. The van der Waals surface area contributed by atoms with Crippen molar-refractivity contribution in [2.45, 2.75) is 24.5 Å². The average molecular weight is 368 g/mol. The Hall–Kier alpha value is -1.49. The largest absolute Gasteiger partial charge is 0.358 e. The van der Waals surface area contributed by atoms with Gasteiger partial charge in [0.05, 0.1) is 15.7 Å². The molecule has 23 heavy (non-hydrogen) atoms. The summed E-state index contributed by atoms with van der Waals surface area (Å²) < 4.78 is 25.3. The number of aryl methyl sites for hydroxylation is 2. The summed E-state index contributed by atoms with van der Waals surface area (Å²) in [6.07, 6.45) is 0. The van der Waals surface area contributed by atoms with E-state index in [1.54, 1.807) is 6.07 Å². The third-order valence-electron chi connectivity index (χ3n) is 3.96. The number of aromatic nitrogens is 1. The van der Waals surface area contributed by atoms with Gasteiger partial charge in [0.15, 0.2) is 9.84 Å². The summed E-state index contributed by atoms with van der Waals surface area (Å²) >= 11 is 11.9. The first-order valence-electron chi connectivity index (χ1n) is 7.03. The van der Waals surface area contributed by atoms with E-state index in [1.165, 1.54) is 12.1 Å². The molecule has 0 fully saturated rings. The molecule has 0 saturated heterocycles. The van der Waals surface area contributed by atoms with Crippen molar-refractivity contribution in [2.75, 3.05) is 0 Å². The first-order valence-corrected chi connectivity index (χ1v) is 9.44. The highest BCUT2D eigenvalue weighted by Gasteiger charge is 2.20. The van der Waals surface area contributed by atoms with Gasteiger partial charge in [-0.2, -0.15) is 0 Å². The molecule has 3 aromatic rings. The molecule has 0 spiro atoms. The van der Waals surface area contributed by atoms with Crippen LogP contribution in [0, 0.1) is 13.8 Å². The maximum atomic E-state index is 12.6. The van der Waals surface area contributed by atoms with E-state index in [4.69, 9.17) is 23.2 Å². The highest BCUT2D eigenvalue weighted by Crippen LogP contribution is 2.29. The Balaban J connectivity index is 2.03. The van der Waals surface area contributed by atoms with Crippen molar-refractivity contribution in [3.63, 3.8) is 0 Å². The summed E-state index contributed by atoms with van der Waals surface area (Å²) in [6.45, 7) is 4.01. The first kappa shape index (κ1) is 16.4. The fourth-order valence-corrected chi connectivity index (χ4v) is 4.76. The normalized spacial score (nSPS) is 12.0. The van der Waals surface area contributed by atoms with Crippen LogP contribution < -0.4 is 0 Å². The minimum Gasteiger partial charge on any atom is -0.358 e. The standard InChI is InChI=1S/C17H15Cl2NO2S/c1-10-11(2)20-16-6-3-12(7-14(10)16)9-23(21,22)17-8-13(18)4-5-15(17)19/h3-8,20H,9H2,1-2H3. The molecule has 3 rings (SSSR count). The van der Waals surface area contributed by atoms with Crippen LogP contribution in [-0.4, -0.2) is 13.4 Å². The maximum absolute atomic E-state index is 12.6. The lowest BCUT2D eigenvalue weighted by atomic mass is 10.1. The lowest BCUT2D eigenvalue weighted by Gasteiger charge is -2.08. The van der Waals surface area contributed by atoms with E-state index < -0.39 is 9.84 Å². The van der Waals surface area contributed by atoms with Crippen molar-refractivity contribution in [1.29, 1.82) is 0 Å². The topological polar surface area (TPSA) is 49.9 Å². The summed E-state index contributed by atoms with van der Waals surface area (Å²) in [5, 5.41) is 1.57. The smallest absolute Gasteiger partial charge is 0.184 e. The van der Waals surface area contributed by atoms with Crippen LogP contribution in [0.1, 0.15) is 16.8 Å². The fraction of sp³-hybridized carbons (Fsp3) is 0.176. The molecule has 0 radical (unpaired) electrons. The quantitative estimate of drug-likeness (QED) is 0.702. The van der Waals surface area contributed by atoms with Crippen LogP contribution >= 0.6 is 23.2 Å². The van der Waals surface area contributed by atoms with Crippen LogP contribution in [0.3, 0.4) is 0 Å². The number of nitrogens with one attached hydrogen (secondary N) is 1. The Kier molecular flexibility index (Phi) is 4.17. The van der Waals surface area contributed by atoms with Gasteiger partial charge < -0.3 is 4.98 Å². The molecule has 6 heteroatoms. The highest BCUT2D eigenvalue weighted by atomic mass is 35.5. The molecule has 3 nitrogen and oxygen atoms in total. The highest BCUT2D eigenvalue weighted by molar-refractivity contribution is 7.90. The van der Waals surface area contributed by atoms with E-state index in [0.717, 1.165) is 27.7 Å². The summed E-state index contributed by atoms with van der Waals surface area (Å²) in [5.74, 6) is -0.118. The molecular weight excluding hydrogens is 353 g/mol. The number of hydrogen-bond donors (Lipinski definition) is 1. The zero-order valence-electron chi connectivity index (χ0n) is 12.7. The molecule has 0 aliphatic carbocycles. The number of benzene rings is 2. The number of sulfone groups is 1. The Labute approximate surface area is 145 Å². The van der Waals surface area contributed by atoms with Crippen molar-refractivity contribution in [1.82, 2.24) is 4.98 Å². The van der Waals surface area contributed by atoms with E-state index in [9.17, 15) is 8.42 Å². The van der Waals surface area contributed by atoms with E-state index in [1.807, 2.05) is 32.0 Å². The first-order chi connectivity index (χ1) is 10.8. The van der Waals surface area contributed by atoms with Gasteiger partial charge in [0, 0.05) is 21.6 Å². The van der Waals surface area contributed by atoms with Gasteiger partial charge >= 0.3 is 0 Å². The number of fused-ring (bicyclic) bond motifs is 1. The second kappa shape index (κ2) is 5.86. The molecule has 0 amide bonds. The van der Waals surface area contributed by atoms with Gasteiger partial charge in [0.1, 0.15) is 0 Å². The van der Waals surface area contributed by atoms with Crippen molar-refractivity contribution in [2.24, 2.45) is 0 Å². The molecule has 0 unspecified atom stereocenters. The molecule has 0 saturated carbocycles. The number of rotatable bonds is 3. The molecule has 1 aromatic heterocycles. The van der Waals surface area contributed by atoms with E-state index in [0.29, 0.717) is 5.02 Å². The second-order valence-corrected chi connectivity index (χ2v) is 8.39. The zero-order valence-corrected chi connectivity index (χ0v) is 15.0. The van der Waals surface area contributed by atoms with Crippen molar-refractivity contribution < 1.29 is 8.42 Å². The molecule has 2 aromatic carbocycles. The van der Waals surface area contributed by atoms with Gasteiger partial charge in [0.25, 0.3) is 0 Å². The Morgan fingerprint density at radius 2 is 1.78 bits per heavy atom. The minimum atomic E-state index is -3.57. The lowest BCUT2D eigenvalue weighted by Crippen LogP contribution is -2.05. The maximum Gasteiger partial charge on any atom is 0.184 e. The number of halogens is 2. The lowest BCUT2D eigenvalue weighted by molar-refractivity contribution is 0.595. The van der Waals surface area contributed by atoms with E-state index >= 15 is 0 Å². The van der Waals surface area contributed by atoms with Gasteiger partial charge in [-0.15, -0.1) is 0 Å². The minimum absolute atomic E-state index is 0.0636. The van der Waals surface area contributed by atoms with Gasteiger partial charge in [-0.1, -0.05) is 29.3 Å². The van der Waals surface area contributed by atoms with Gasteiger partial charge in [-0.25, -0.2) is 8.42 Å². The molecule has 0 bridgehead atoms. The third kappa shape index (κ3) is 3.11. The van der Waals surface area contributed by atoms with Crippen LogP contribution in [0.4, 0.5) is 0 Å². The summed E-state index contributed by atoms with van der Waals surface area (Å²) in [7, 11) is -3.57. The van der Waals surface area contributed by atoms with Crippen LogP contribution in [0.5, 0.6) is 0 Å². The van der Waals surface area contributed by atoms with E-state index in [2.05, 4.69) is 4.98 Å². The fourth-order valence-electron chi connectivity index (χ4n) is 2.61. The molecule has 0 aliphatic heterocycles. The van der Waals surface area contributed by atoms with Crippen LogP contribution in [0.2, 0.25) is 10.0 Å². The van der Waals surface area contributed by atoms with E-state index in [-0.39, 0.29) is 15.7 Å². The Morgan fingerprint density at radius 3 is 2.52 bits per heavy atom. The zero-order chi connectivity index (χ0) is 16.8. The second-order valence-electron chi connectivity index (χ2n) is 5.59. The summed E-state index contributed by atoms with van der Waals surface area (Å²) in [6, 6.07) is 10.1. The SMILES string of the molecule is Cc1[nH]c2ccc(CS(=O)(=O)c3cc(Cl)ccc3Cl)cc2c1C. The van der Waals surface area contributed by atoms with Crippen LogP contribution in [-0.2, 0) is 15.6 Å². The average Bonchev–Trinajstić information content (AvgIpc) is 2.76. The molecular formula is C17H15Cl2NO2S. The van der Waals surface area contributed by atoms with Gasteiger partial charge in [0.2, 0.25) is 0 Å². The molecule has 0 aliphatic rings. The summed E-state index contributed by atoms with van der Waals surface area (Å²) in [4.78, 5) is 3.34. The summed E-state index contributed by atoms with van der Waals surface area (Å²) in [5.41, 5.74) is 3.93. The molecule has 0 atom stereocenters. The van der Waals surface area contributed by atoms with Gasteiger partial charge in [-0.3, -0.25) is 0 Å². The van der Waals surface area contributed by atoms with Crippen molar-refractivity contribution >= 4 is 43.9 Å². The van der Waals surface area contributed by atoms with Crippen molar-refractivity contribution in [3.05, 3.63) is 63.3 Å². The predicted octanol–water partition coefficient (Wildman–Crippen LogP) is 5.07. The Morgan fingerprint density at radius 1 is 1.04 bits per heavy atom. The Bertz CT molecular complexity index is 1010. The predicted molar refractivity (Wildman–Crippen MR) is 95.1 cm³/mol. The van der Waals surface area contributed by atoms with Crippen LogP contribution in [0.15, 0.2) is 41.3 Å². The van der Waals surface area contributed by atoms with Gasteiger partial charge in [-0.05, 0) is 55.3 Å². The van der Waals surface area contributed by atoms with Crippen molar-refractivity contribution in [3.8, 4) is 0 Å². The van der Waals surface area contributed by atoms with Crippen LogP contribution in [0.25, 0.3) is 10.9 Å². The number of H-pyrrole nitrogens is 1. The number of aromatic amines is 1. The molecule has 1 N–H and O–H groups in total. The molecule has 1 heterocycles.